The zero-order valence-corrected chi connectivity index (χ0v) is 61.0. The minimum Gasteiger partial charge on any atom is -0.309 e. The van der Waals surface area contributed by atoms with Gasteiger partial charge in [0.05, 0.1) is 44.1 Å². The van der Waals surface area contributed by atoms with Gasteiger partial charge < -0.3 is 18.3 Å². The number of hydrogen-bond donors (Lipinski definition) is 0. The Hall–Kier alpha value is -14.8. The van der Waals surface area contributed by atoms with E-state index in [4.69, 9.17) is 0 Å². The lowest BCUT2D eigenvalue weighted by molar-refractivity contribution is 1.18. The predicted molar refractivity (Wildman–Crippen MR) is 477 cm³/mol. The van der Waals surface area contributed by atoms with Crippen LogP contribution in [0.15, 0.2) is 413 Å². The fourth-order valence-corrected chi connectivity index (χ4v) is 18.7. The largest absolute Gasteiger partial charge is 0.309 e. The molecule has 0 aliphatic heterocycles. The van der Waals surface area contributed by atoms with E-state index >= 15 is 0 Å². The van der Waals surface area contributed by atoms with Gasteiger partial charge in [-0.3, -0.25) is 0 Å². The summed E-state index contributed by atoms with van der Waals surface area (Å²) in [5.41, 5.74) is 24.0. The fourth-order valence-electron chi connectivity index (χ4n) is 18.7. The van der Waals surface area contributed by atoms with E-state index in [1.54, 1.807) is 0 Å². The summed E-state index contributed by atoms with van der Waals surface area (Å²) in [6, 6.07) is 152. The molecule has 0 spiro atoms. The molecule has 0 saturated heterocycles. The minimum atomic E-state index is 1.15. The van der Waals surface area contributed by atoms with Crippen molar-refractivity contribution in [1.29, 1.82) is 0 Å². The van der Waals surface area contributed by atoms with Crippen molar-refractivity contribution < 1.29 is 0 Å². The molecule has 0 amide bonds. The van der Waals surface area contributed by atoms with Crippen LogP contribution in [0.3, 0.4) is 0 Å². The maximum absolute atomic E-state index is 2.44. The molecule has 0 aliphatic carbocycles. The van der Waals surface area contributed by atoms with E-state index in [9.17, 15) is 0 Å². The van der Waals surface area contributed by atoms with Gasteiger partial charge in [-0.25, -0.2) is 0 Å². The van der Waals surface area contributed by atoms with Crippen molar-refractivity contribution in [3.8, 4) is 67.3 Å². The van der Waals surface area contributed by atoms with Crippen LogP contribution in [-0.2, 0) is 0 Å². The summed E-state index contributed by atoms with van der Waals surface area (Å²) in [5.74, 6) is 0. The van der Waals surface area contributed by atoms with Crippen LogP contribution in [-0.4, -0.2) is 18.3 Å². The molecule has 0 unspecified atom stereocenters. The Balaban J connectivity index is 0.000000134. The van der Waals surface area contributed by atoms with E-state index in [-0.39, 0.29) is 0 Å². The molecule has 20 aromatic carbocycles. The smallest absolute Gasteiger partial charge is 0.0547 e. The molecule has 0 radical (unpaired) electrons. The number of aromatic nitrogens is 4. The van der Waals surface area contributed by atoms with E-state index in [0.717, 1.165) is 11.4 Å². The topological polar surface area (TPSA) is 19.7 Å². The number of fused-ring (bicyclic) bond motifs is 22. The molecular formula is C108H68N4. The average Bonchev–Trinajstić information content (AvgIpc) is 0.912. The second-order valence-electron chi connectivity index (χ2n) is 29.8. The number of nitrogens with zero attached hydrogens (tertiary/aromatic N) is 4. The number of para-hydroxylation sites is 6. The lowest BCUT2D eigenvalue weighted by Crippen LogP contribution is -1.95. The van der Waals surface area contributed by atoms with Crippen molar-refractivity contribution in [1.82, 2.24) is 18.3 Å². The normalized spacial score (nSPS) is 11.9. The van der Waals surface area contributed by atoms with Crippen LogP contribution in [0.25, 0.3) is 219 Å². The Bertz CT molecular complexity index is 8000. The Labute approximate surface area is 645 Å². The van der Waals surface area contributed by atoms with Gasteiger partial charge in [0.25, 0.3) is 0 Å². The highest BCUT2D eigenvalue weighted by Gasteiger charge is 2.22. The SMILES string of the molecule is c1ccc(-n2c3ccccc3c3ccc(-c4ccc5c(c4)c4ccccc4n5-c4cccc(-c5cc6c7ccccc7ccc6c6ccccc56)c4)cc32)cc1.c1ccc(-n2c3ccccc3c3ccc(-c4ccc5c(c4)c4ccccc4n5-c4cccc(-c5cc6ccc7ccccc7c6c6ccccc56)c4)cc32)cc1. The van der Waals surface area contributed by atoms with Crippen molar-refractivity contribution in [2.75, 3.05) is 0 Å². The summed E-state index contributed by atoms with van der Waals surface area (Å²) in [5, 5.41) is 25.4. The first-order valence-corrected chi connectivity index (χ1v) is 38.7. The molecule has 4 heterocycles. The van der Waals surface area contributed by atoms with Crippen LogP contribution in [0.1, 0.15) is 0 Å². The molecule has 112 heavy (non-hydrogen) atoms. The van der Waals surface area contributed by atoms with Gasteiger partial charge in [-0.2, -0.15) is 0 Å². The minimum absolute atomic E-state index is 1.15. The Morgan fingerprint density at radius 2 is 0.446 bits per heavy atom. The molecule has 0 N–H and O–H groups in total. The quantitative estimate of drug-likeness (QED) is 0.135. The maximum atomic E-state index is 2.44. The highest BCUT2D eigenvalue weighted by Crippen LogP contribution is 2.46. The molecule has 4 nitrogen and oxygen atoms in total. The molecule has 0 fully saturated rings. The summed E-state index contributed by atoms with van der Waals surface area (Å²) in [6.07, 6.45) is 0. The number of rotatable bonds is 8. The number of hydrogen-bond acceptors (Lipinski definition) is 0. The summed E-state index contributed by atoms with van der Waals surface area (Å²) in [7, 11) is 0. The summed E-state index contributed by atoms with van der Waals surface area (Å²) in [4.78, 5) is 0. The third kappa shape index (κ3) is 9.95. The van der Waals surface area contributed by atoms with Crippen molar-refractivity contribution in [3.63, 3.8) is 0 Å². The van der Waals surface area contributed by atoms with Gasteiger partial charge in [0.15, 0.2) is 0 Å². The van der Waals surface area contributed by atoms with Crippen LogP contribution in [0.5, 0.6) is 0 Å². The summed E-state index contributed by atoms with van der Waals surface area (Å²) in [6.45, 7) is 0. The van der Waals surface area contributed by atoms with Crippen LogP contribution in [0, 0.1) is 0 Å². The standard InChI is InChI=1S/2C54H34N2/c1-2-15-40(16-3-1)55-50-23-10-8-20-44(50)46-29-27-37(34-53(46)55)36-28-30-52-49(32-36)45-21-9-11-24-51(45)56(52)41-17-12-14-38(31-41)48-33-39-26-25-35-13-4-5-18-42(35)54(39)47-22-7-6-19-43(47)48;1-2-15-39(16-3-1)55-51-23-10-8-21-45(51)47-29-26-37(33-54(47)55)36-27-30-53-50(32-36)46-22-9-11-24-52(46)56(53)40-17-12-14-38(31-40)48-34-49-41-18-5-4-13-35(41)25-28-44(49)42-19-6-7-20-43(42)48/h2*1-34H. The van der Waals surface area contributed by atoms with Gasteiger partial charge in [0, 0.05) is 65.8 Å². The molecule has 24 rings (SSSR count). The second kappa shape index (κ2) is 25.4. The van der Waals surface area contributed by atoms with E-state index in [1.165, 1.54) is 208 Å². The second-order valence-corrected chi connectivity index (χ2v) is 29.8. The first-order valence-electron chi connectivity index (χ1n) is 38.7. The zero-order valence-electron chi connectivity index (χ0n) is 61.0. The summed E-state index contributed by atoms with van der Waals surface area (Å²) < 4.78 is 9.66. The molecule has 520 valence electrons. The van der Waals surface area contributed by atoms with Crippen molar-refractivity contribution >= 4 is 152 Å². The van der Waals surface area contributed by atoms with Gasteiger partial charge in [-0.05, 0) is 230 Å². The molecule has 4 aromatic heterocycles. The van der Waals surface area contributed by atoms with Crippen LogP contribution >= 0.6 is 0 Å². The van der Waals surface area contributed by atoms with Gasteiger partial charge in [-0.15, -0.1) is 0 Å². The Morgan fingerprint density at radius 3 is 0.964 bits per heavy atom. The molecule has 0 bridgehead atoms. The Morgan fingerprint density at radius 1 is 0.125 bits per heavy atom. The lowest BCUT2D eigenvalue weighted by atomic mass is 9.90. The van der Waals surface area contributed by atoms with Crippen molar-refractivity contribution in [3.05, 3.63) is 413 Å². The van der Waals surface area contributed by atoms with Gasteiger partial charge >= 0.3 is 0 Å². The highest BCUT2D eigenvalue weighted by molar-refractivity contribution is 6.25. The third-order valence-corrected chi connectivity index (χ3v) is 23.7. The van der Waals surface area contributed by atoms with Gasteiger partial charge in [0.2, 0.25) is 0 Å². The summed E-state index contributed by atoms with van der Waals surface area (Å²) >= 11 is 0. The van der Waals surface area contributed by atoms with Crippen molar-refractivity contribution in [2.24, 2.45) is 0 Å². The molecular weight excluding hydrogens is 1350 g/mol. The average molecular weight is 1420 g/mol. The molecule has 0 saturated carbocycles. The first-order chi connectivity index (χ1) is 55.6. The van der Waals surface area contributed by atoms with E-state index in [1.807, 2.05) is 0 Å². The highest BCUT2D eigenvalue weighted by atomic mass is 15.0. The van der Waals surface area contributed by atoms with Crippen LogP contribution in [0.2, 0.25) is 0 Å². The van der Waals surface area contributed by atoms with Crippen LogP contribution in [0.4, 0.5) is 0 Å². The number of benzene rings is 20. The molecule has 24 aromatic rings. The lowest BCUT2D eigenvalue weighted by Gasteiger charge is -2.15. The first kappa shape index (κ1) is 63.3. The van der Waals surface area contributed by atoms with Crippen molar-refractivity contribution in [2.45, 2.75) is 0 Å². The van der Waals surface area contributed by atoms with Gasteiger partial charge in [0.1, 0.15) is 0 Å². The Kier molecular flexibility index (Phi) is 14.3. The van der Waals surface area contributed by atoms with Crippen LogP contribution < -0.4 is 0 Å². The molecule has 4 heteroatoms. The third-order valence-electron chi connectivity index (χ3n) is 23.7. The van der Waals surface area contributed by atoms with E-state index < -0.39 is 0 Å². The molecule has 0 aliphatic rings. The van der Waals surface area contributed by atoms with Gasteiger partial charge in [-0.1, -0.05) is 291 Å². The van der Waals surface area contributed by atoms with E-state index in [2.05, 4.69) is 431 Å². The fraction of sp³-hybridized carbons (Fsp3) is 0. The predicted octanol–water partition coefficient (Wildman–Crippen LogP) is 29.3. The molecule has 0 atom stereocenters. The monoisotopic (exact) mass is 1420 g/mol. The zero-order chi connectivity index (χ0) is 73.5. The maximum Gasteiger partial charge on any atom is 0.0547 e. The van der Waals surface area contributed by atoms with E-state index in [0.29, 0.717) is 0 Å².